The fraction of sp³-hybridized carbons (Fsp3) is 0.250. The molecule has 0 spiro atoms. The molecule has 0 saturated heterocycles. The summed E-state index contributed by atoms with van der Waals surface area (Å²) in [7, 11) is 0. The third-order valence-corrected chi connectivity index (χ3v) is 3.28. The maximum absolute atomic E-state index is 9.78. The average molecular weight is 242 g/mol. The largest absolute Gasteiger partial charge is 0.508 e. The van der Waals surface area contributed by atoms with Crippen molar-refractivity contribution in [3.63, 3.8) is 0 Å². The molecule has 0 aromatic heterocycles. The molecule has 0 radical (unpaired) electrons. The van der Waals surface area contributed by atoms with E-state index < -0.39 is 0 Å². The van der Waals surface area contributed by atoms with Crippen molar-refractivity contribution in [1.29, 1.82) is 0 Å². The van der Waals surface area contributed by atoms with Crippen molar-refractivity contribution in [2.45, 2.75) is 27.2 Å². The second-order valence-corrected chi connectivity index (χ2v) is 4.66. The molecule has 2 nitrogen and oxygen atoms in total. The van der Waals surface area contributed by atoms with Crippen LogP contribution < -0.4 is 0 Å². The van der Waals surface area contributed by atoms with Crippen molar-refractivity contribution in [3.05, 3.63) is 47.0 Å². The van der Waals surface area contributed by atoms with Crippen LogP contribution in [0.2, 0.25) is 0 Å². The van der Waals surface area contributed by atoms with Gasteiger partial charge in [-0.15, -0.1) is 0 Å². The molecule has 0 aliphatic carbocycles. The number of benzene rings is 2. The van der Waals surface area contributed by atoms with Gasteiger partial charge in [-0.25, -0.2) is 0 Å². The van der Waals surface area contributed by atoms with E-state index in [4.69, 9.17) is 0 Å². The SMILES string of the molecule is CCc1cc(-c2cc(C)c(O)c(C)c2)ccc1O. The first-order valence-corrected chi connectivity index (χ1v) is 6.15. The van der Waals surface area contributed by atoms with Gasteiger partial charge in [-0.05, 0) is 72.4 Å². The molecule has 2 rings (SSSR count). The lowest BCUT2D eigenvalue weighted by Crippen LogP contribution is -1.87. The summed E-state index contributed by atoms with van der Waals surface area (Å²) in [6.07, 6.45) is 0.801. The van der Waals surface area contributed by atoms with Gasteiger partial charge in [0.15, 0.2) is 0 Å². The Kier molecular flexibility index (Phi) is 3.28. The van der Waals surface area contributed by atoms with E-state index in [-0.39, 0.29) is 0 Å². The zero-order valence-corrected chi connectivity index (χ0v) is 11.0. The minimum atomic E-state index is 0.341. The molecule has 0 amide bonds. The van der Waals surface area contributed by atoms with Crippen LogP contribution in [0.1, 0.15) is 23.6 Å². The van der Waals surface area contributed by atoms with Crippen LogP contribution in [0.3, 0.4) is 0 Å². The summed E-state index contributed by atoms with van der Waals surface area (Å²) in [6, 6.07) is 9.56. The van der Waals surface area contributed by atoms with Crippen molar-refractivity contribution in [1.82, 2.24) is 0 Å². The molecule has 0 atom stereocenters. The van der Waals surface area contributed by atoms with Crippen molar-refractivity contribution < 1.29 is 10.2 Å². The third kappa shape index (κ3) is 2.19. The van der Waals surface area contributed by atoms with Gasteiger partial charge >= 0.3 is 0 Å². The first kappa shape index (κ1) is 12.5. The van der Waals surface area contributed by atoms with Gasteiger partial charge in [-0.2, -0.15) is 0 Å². The summed E-state index contributed by atoms with van der Waals surface area (Å²) in [5.41, 5.74) is 4.82. The molecule has 2 aromatic carbocycles. The van der Waals surface area contributed by atoms with E-state index in [2.05, 4.69) is 0 Å². The predicted octanol–water partition coefficient (Wildman–Crippen LogP) is 3.94. The Morgan fingerprint density at radius 2 is 1.50 bits per heavy atom. The number of phenolic OH excluding ortho intramolecular Hbond substituents is 2. The van der Waals surface area contributed by atoms with Gasteiger partial charge in [0.2, 0.25) is 0 Å². The topological polar surface area (TPSA) is 40.5 Å². The number of aromatic hydroxyl groups is 2. The van der Waals surface area contributed by atoms with Crippen LogP contribution in [0.5, 0.6) is 11.5 Å². The molecular formula is C16H18O2. The third-order valence-electron chi connectivity index (χ3n) is 3.28. The molecule has 0 fully saturated rings. The highest BCUT2D eigenvalue weighted by atomic mass is 16.3. The summed E-state index contributed by atoms with van der Waals surface area (Å²) in [5, 5.41) is 19.5. The lowest BCUT2D eigenvalue weighted by atomic mass is 9.97. The Hall–Kier alpha value is -1.96. The van der Waals surface area contributed by atoms with E-state index in [9.17, 15) is 10.2 Å². The van der Waals surface area contributed by atoms with E-state index in [0.717, 1.165) is 34.2 Å². The van der Waals surface area contributed by atoms with Crippen molar-refractivity contribution in [2.24, 2.45) is 0 Å². The normalized spacial score (nSPS) is 10.6. The maximum atomic E-state index is 9.78. The van der Waals surface area contributed by atoms with Crippen molar-refractivity contribution >= 4 is 0 Å². The second-order valence-electron chi connectivity index (χ2n) is 4.66. The molecule has 0 saturated carbocycles. The van der Waals surface area contributed by atoms with E-state index in [1.807, 2.05) is 45.0 Å². The summed E-state index contributed by atoms with van der Waals surface area (Å²) in [4.78, 5) is 0. The number of hydrogen-bond acceptors (Lipinski definition) is 2. The highest BCUT2D eigenvalue weighted by Crippen LogP contribution is 2.31. The molecule has 94 valence electrons. The quantitative estimate of drug-likeness (QED) is 0.837. The van der Waals surface area contributed by atoms with Gasteiger partial charge < -0.3 is 10.2 Å². The van der Waals surface area contributed by atoms with Crippen molar-refractivity contribution in [2.75, 3.05) is 0 Å². The van der Waals surface area contributed by atoms with Gasteiger partial charge in [0.1, 0.15) is 11.5 Å². The molecular weight excluding hydrogens is 224 g/mol. The monoisotopic (exact) mass is 242 g/mol. The van der Waals surface area contributed by atoms with Crippen LogP contribution in [-0.2, 0) is 6.42 Å². The second kappa shape index (κ2) is 4.73. The average Bonchev–Trinajstić information content (AvgIpc) is 2.36. The first-order chi connectivity index (χ1) is 8.52. The Labute approximate surface area is 108 Å². The van der Waals surface area contributed by atoms with E-state index >= 15 is 0 Å². The molecule has 2 N–H and O–H groups in total. The van der Waals surface area contributed by atoms with Crippen LogP contribution in [-0.4, -0.2) is 10.2 Å². The van der Waals surface area contributed by atoms with Gasteiger partial charge in [-0.1, -0.05) is 13.0 Å². The van der Waals surface area contributed by atoms with Gasteiger partial charge in [-0.3, -0.25) is 0 Å². The van der Waals surface area contributed by atoms with Gasteiger partial charge in [0.05, 0.1) is 0 Å². The number of aryl methyl sites for hydroxylation is 3. The molecule has 0 heterocycles. The Morgan fingerprint density at radius 1 is 0.889 bits per heavy atom. The molecule has 0 aliphatic heterocycles. The minimum Gasteiger partial charge on any atom is -0.508 e. The summed E-state index contributed by atoms with van der Waals surface area (Å²) >= 11 is 0. The Balaban J connectivity index is 2.55. The number of phenols is 2. The van der Waals surface area contributed by atoms with E-state index in [0.29, 0.717) is 11.5 Å². The molecule has 0 unspecified atom stereocenters. The van der Waals surface area contributed by atoms with Gasteiger partial charge in [0.25, 0.3) is 0 Å². The van der Waals surface area contributed by atoms with Gasteiger partial charge in [0, 0.05) is 0 Å². The highest BCUT2D eigenvalue weighted by Gasteiger charge is 2.07. The fourth-order valence-corrected chi connectivity index (χ4v) is 2.17. The minimum absolute atomic E-state index is 0.341. The predicted molar refractivity (Wildman–Crippen MR) is 74.1 cm³/mol. The smallest absolute Gasteiger partial charge is 0.121 e. The lowest BCUT2D eigenvalue weighted by Gasteiger charge is -2.10. The Bertz CT molecular complexity index is 563. The zero-order valence-electron chi connectivity index (χ0n) is 11.0. The molecule has 0 aliphatic rings. The number of rotatable bonds is 2. The standard InChI is InChI=1S/C16H18O2/c1-4-12-9-13(5-6-15(12)17)14-7-10(2)16(18)11(3)8-14/h5-9,17-18H,4H2,1-3H3. The summed E-state index contributed by atoms with van der Waals surface area (Å²) in [6.45, 7) is 5.81. The lowest BCUT2D eigenvalue weighted by molar-refractivity contribution is 0.466. The molecule has 2 aromatic rings. The molecule has 0 bridgehead atoms. The van der Waals surface area contributed by atoms with Crippen LogP contribution >= 0.6 is 0 Å². The molecule has 2 heteroatoms. The van der Waals surface area contributed by atoms with E-state index in [1.165, 1.54) is 0 Å². The first-order valence-electron chi connectivity index (χ1n) is 6.15. The van der Waals surface area contributed by atoms with Crippen LogP contribution in [0, 0.1) is 13.8 Å². The highest BCUT2D eigenvalue weighted by molar-refractivity contribution is 5.68. The fourth-order valence-electron chi connectivity index (χ4n) is 2.17. The van der Waals surface area contributed by atoms with E-state index in [1.54, 1.807) is 6.07 Å². The van der Waals surface area contributed by atoms with Crippen LogP contribution in [0.15, 0.2) is 30.3 Å². The maximum Gasteiger partial charge on any atom is 0.121 e. The summed E-state index contributed by atoms with van der Waals surface area (Å²) in [5.74, 6) is 0.696. The van der Waals surface area contributed by atoms with Crippen molar-refractivity contribution in [3.8, 4) is 22.6 Å². The van der Waals surface area contributed by atoms with Crippen LogP contribution in [0.4, 0.5) is 0 Å². The molecule has 18 heavy (non-hydrogen) atoms. The summed E-state index contributed by atoms with van der Waals surface area (Å²) < 4.78 is 0. The van der Waals surface area contributed by atoms with Crippen LogP contribution in [0.25, 0.3) is 11.1 Å². The number of hydrogen-bond donors (Lipinski definition) is 2. The Morgan fingerprint density at radius 3 is 2.06 bits per heavy atom. The zero-order chi connectivity index (χ0) is 13.3.